The average molecular weight is 359 g/mol. The molecule has 1 aromatic rings. The van der Waals surface area contributed by atoms with E-state index in [1.165, 1.54) is 4.90 Å². The summed E-state index contributed by atoms with van der Waals surface area (Å²) in [6.45, 7) is 2.51. The van der Waals surface area contributed by atoms with Crippen LogP contribution in [-0.4, -0.2) is 34.5 Å². The Bertz CT molecular complexity index is 501. The number of amides is 1. The van der Waals surface area contributed by atoms with Crippen LogP contribution in [0.2, 0.25) is 0 Å². The van der Waals surface area contributed by atoms with Crippen LogP contribution in [0.25, 0.3) is 0 Å². The van der Waals surface area contributed by atoms with Gasteiger partial charge in [-0.25, -0.2) is 4.79 Å². The van der Waals surface area contributed by atoms with Gasteiger partial charge in [0.1, 0.15) is 6.04 Å². The Balaban J connectivity index is 2.25. The standard InChI is InChI=1S/C13H14INO3/c1-8-4-5-9(7-10(8)14)12(16)15-6-2-3-11(15)13(17)18/h4-5,7,11H,2-3,6H2,1H3,(H,17,18)/t11-/m1/s1. The van der Waals surface area contributed by atoms with E-state index >= 15 is 0 Å². The lowest BCUT2D eigenvalue weighted by Crippen LogP contribution is -2.40. The molecule has 0 aromatic heterocycles. The van der Waals surface area contributed by atoms with E-state index in [0.717, 1.165) is 15.6 Å². The Hall–Kier alpha value is -1.11. The number of aliphatic carboxylic acids is 1. The van der Waals surface area contributed by atoms with Crippen molar-refractivity contribution in [1.29, 1.82) is 0 Å². The van der Waals surface area contributed by atoms with Crippen LogP contribution in [0.3, 0.4) is 0 Å². The minimum absolute atomic E-state index is 0.183. The molecule has 1 aliphatic rings. The number of hydrogen-bond acceptors (Lipinski definition) is 2. The molecule has 2 rings (SSSR count). The zero-order valence-corrected chi connectivity index (χ0v) is 12.2. The fraction of sp³-hybridized carbons (Fsp3) is 0.385. The lowest BCUT2D eigenvalue weighted by molar-refractivity contribution is -0.141. The van der Waals surface area contributed by atoms with Crippen molar-refractivity contribution >= 4 is 34.5 Å². The van der Waals surface area contributed by atoms with Gasteiger partial charge in [0.05, 0.1) is 0 Å². The van der Waals surface area contributed by atoms with Crippen molar-refractivity contribution in [3.8, 4) is 0 Å². The first kappa shape index (κ1) is 13.3. The molecule has 0 radical (unpaired) electrons. The molecule has 0 spiro atoms. The highest BCUT2D eigenvalue weighted by Gasteiger charge is 2.34. The summed E-state index contributed by atoms with van der Waals surface area (Å²) in [5.74, 6) is -1.10. The molecule has 0 aliphatic carbocycles. The third-order valence-electron chi connectivity index (χ3n) is 3.22. The summed E-state index contributed by atoms with van der Waals surface area (Å²) >= 11 is 2.18. The quantitative estimate of drug-likeness (QED) is 0.825. The molecule has 96 valence electrons. The molecule has 0 saturated carbocycles. The maximum absolute atomic E-state index is 12.3. The number of aryl methyl sites for hydroxylation is 1. The second-order valence-corrected chi connectivity index (χ2v) is 5.62. The fourth-order valence-electron chi connectivity index (χ4n) is 2.16. The highest BCUT2D eigenvalue weighted by Crippen LogP contribution is 2.22. The molecule has 18 heavy (non-hydrogen) atoms. The normalized spacial score (nSPS) is 19.0. The van der Waals surface area contributed by atoms with E-state index in [-0.39, 0.29) is 5.91 Å². The predicted octanol–water partition coefficient (Wildman–Crippen LogP) is 2.29. The number of carbonyl (C=O) groups excluding carboxylic acids is 1. The topological polar surface area (TPSA) is 57.6 Å². The molecule has 1 N–H and O–H groups in total. The Kier molecular flexibility index (Phi) is 3.89. The van der Waals surface area contributed by atoms with Crippen LogP contribution in [0, 0.1) is 10.5 Å². The summed E-state index contributed by atoms with van der Waals surface area (Å²) in [6.07, 6.45) is 1.30. The molecule has 1 atom stereocenters. The number of rotatable bonds is 2. The average Bonchev–Trinajstić information content (AvgIpc) is 2.81. The Morgan fingerprint density at radius 3 is 2.78 bits per heavy atom. The summed E-state index contributed by atoms with van der Waals surface area (Å²) in [6, 6.07) is 4.80. The molecular formula is C13H14INO3. The van der Waals surface area contributed by atoms with E-state index in [2.05, 4.69) is 22.6 Å². The zero-order chi connectivity index (χ0) is 13.3. The Morgan fingerprint density at radius 2 is 2.17 bits per heavy atom. The zero-order valence-electron chi connectivity index (χ0n) is 10.0. The van der Waals surface area contributed by atoms with Crippen LogP contribution >= 0.6 is 22.6 Å². The number of carboxylic acids is 1. The van der Waals surface area contributed by atoms with E-state index in [4.69, 9.17) is 5.11 Å². The van der Waals surface area contributed by atoms with Crippen LogP contribution in [-0.2, 0) is 4.79 Å². The monoisotopic (exact) mass is 359 g/mol. The highest BCUT2D eigenvalue weighted by atomic mass is 127. The van der Waals surface area contributed by atoms with Crippen LogP contribution in [0.1, 0.15) is 28.8 Å². The predicted molar refractivity (Wildman–Crippen MR) is 75.6 cm³/mol. The van der Waals surface area contributed by atoms with Gasteiger partial charge in [-0.3, -0.25) is 4.79 Å². The molecule has 4 nitrogen and oxygen atoms in total. The summed E-state index contributed by atoms with van der Waals surface area (Å²) in [7, 11) is 0. The van der Waals surface area contributed by atoms with Gasteiger partial charge in [0.25, 0.3) is 5.91 Å². The van der Waals surface area contributed by atoms with E-state index in [0.29, 0.717) is 18.5 Å². The largest absolute Gasteiger partial charge is 0.480 e. The van der Waals surface area contributed by atoms with Crippen molar-refractivity contribution in [2.24, 2.45) is 0 Å². The number of halogens is 1. The van der Waals surface area contributed by atoms with Crippen LogP contribution < -0.4 is 0 Å². The van der Waals surface area contributed by atoms with Gasteiger partial charge >= 0.3 is 5.97 Å². The molecule has 1 fully saturated rings. The Labute approximate surface area is 119 Å². The number of hydrogen-bond donors (Lipinski definition) is 1. The molecule has 0 unspecified atom stereocenters. The number of nitrogens with zero attached hydrogens (tertiary/aromatic N) is 1. The van der Waals surface area contributed by atoms with Crippen molar-refractivity contribution < 1.29 is 14.7 Å². The lowest BCUT2D eigenvalue weighted by atomic mass is 10.1. The van der Waals surface area contributed by atoms with Gasteiger partial charge in [-0.2, -0.15) is 0 Å². The maximum Gasteiger partial charge on any atom is 0.326 e. The van der Waals surface area contributed by atoms with Gasteiger partial charge in [-0.05, 0) is 60.1 Å². The van der Waals surface area contributed by atoms with Crippen LogP contribution in [0.5, 0.6) is 0 Å². The fourth-order valence-corrected chi connectivity index (χ4v) is 2.67. The number of carboxylic acid groups (broad SMARTS) is 1. The smallest absolute Gasteiger partial charge is 0.326 e. The third kappa shape index (κ3) is 2.50. The van der Waals surface area contributed by atoms with Gasteiger partial charge in [0, 0.05) is 15.7 Å². The summed E-state index contributed by atoms with van der Waals surface area (Å²) in [5.41, 5.74) is 1.68. The van der Waals surface area contributed by atoms with Crippen LogP contribution in [0.15, 0.2) is 18.2 Å². The molecule has 1 aliphatic heterocycles. The number of carbonyl (C=O) groups is 2. The van der Waals surface area contributed by atoms with Crippen molar-refractivity contribution in [1.82, 2.24) is 4.90 Å². The summed E-state index contributed by atoms with van der Waals surface area (Å²) < 4.78 is 1.02. The highest BCUT2D eigenvalue weighted by molar-refractivity contribution is 14.1. The van der Waals surface area contributed by atoms with E-state index in [1.807, 2.05) is 19.1 Å². The van der Waals surface area contributed by atoms with Crippen molar-refractivity contribution in [2.45, 2.75) is 25.8 Å². The number of benzene rings is 1. The first-order valence-corrected chi connectivity index (χ1v) is 6.88. The van der Waals surface area contributed by atoms with Gasteiger partial charge in [0.15, 0.2) is 0 Å². The van der Waals surface area contributed by atoms with E-state index in [9.17, 15) is 9.59 Å². The summed E-state index contributed by atoms with van der Waals surface area (Å²) in [5, 5.41) is 9.08. The lowest BCUT2D eigenvalue weighted by Gasteiger charge is -2.21. The van der Waals surface area contributed by atoms with Crippen molar-refractivity contribution in [3.05, 3.63) is 32.9 Å². The molecular weight excluding hydrogens is 345 g/mol. The number of likely N-dealkylation sites (tertiary alicyclic amines) is 1. The minimum Gasteiger partial charge on any atom is -0.480 e. The summed E-state index contributed by atoms with van der Waals surface area (Å²) in [4.78, 5) is 24.8. The van der Waals surface area contributed by atoms with Crippen molar-refractivity contribution in [3.63, 3.8) is 0 Å². The SMILES string of the molecule is Cc1ccc(C(=O)N2CCC[C@@H]2C(=O)O)cc1I. The second kappa shape index (κ2) is 5.26. The third-order valence-corrected chi connectivity index (χ3v) is 4.38. The van der Waals surface area contributed by atoms with Crippen LogP contribution in [0.4, 0.5) is 0 Å². The van der Waals surface area contributed by atoms with Gasteiger partial charge < -0.3 is 10.0 Å². The first-order valence-electron chi connectivity index (χ1n) is 5.80. The molecule has 5 heteroatoms. The van der Waals surface area contributed by atoms with Gasteiger partial charge in [0.2, 0.25) is 0 Å². The minimum atomic E-state index is -0.914. The van der Waals surface area contributed by atoms with E-state index < -0.39 is 12.0 Å². The van der Waals surface area contributed by atoms with Crippen molar-refractivity contribution in [2.75, 3.05) is 6.54 Å². The maximum atomic E-state index is 12.3. The second-order valence-electron chi connectivity index (χ2n) is 4.46. The van der Waals surface area contributed by atoms with Gasteiger partial charge in [-0.15, -0.1) is 0 Å². The molecule has 1 amide bonds. The molecule has 1 saturated heterocycles. The molecule has 1 aromatic carbocycles. The van der Waals surface area contributed by atoms with Gasteiger partial charge in [-0.1, -0.05) is 6.07 Å². The van der Waals surface area contributed by atoms with E-state index in [1.54, 1.807) is 6.07 Å². The first-order chi connectivity index (χ1) is 8.50. The molecule has 0 bridgehead atoms. The Morgan fingerprint density at radius 1 is 1.44 bits per heavy atom. The molecule has 1 heterocycles.